The van der Waals surface area contributed by atoms with Gasteiger partial charge in [0.1, 0.15) is 0 Å². The zero-order valence-electron chi connectivity index (χ0n) is 14.7. The molecule has 2 nitrogen and oxygen atoms in total. The van der Waals surface area contributed by atoms with Gasteiger partial charge in [0.2, 0.25) is 5.82 Å². The second-order valence-corrected chi connectivity index (χ2v) is 6.50. The van der Waals surface area contributed by atoms with E-state index >= 15 is 0 Å². The zero-order chi connectivity index (χ0) is 17.8. The molecule has 25 heavy (non-hydrogen) atoms. The molecule has 1 saturated carbocycles. The Bertz CT molecular complexity index is 705. The highest BCUT2D eigenvalue weighted by molar-refractivity contribution is 5.65. The first kappa shape index (κ1) is 17.9. The molecule has 1 aliphatic rings. The Labute approximate surface area is 147 Å². The van der Waals surface area contributed by atoms with Crippen molar-refractivity contribution in [1.29, 1.82) is 0 Å². The van der Waals surface area contributed by atoms with E-state index in [1.807, 2.05) is 24.3 Å². The lowest BCUT2D eigenvalue weighted by Crippen LogP contribution is -2.19. The highest BCUT2D eigenvalue weighted by atomic mass is 19.2. The van der Waals surface area contributed by atoms with Crippen molar-refractivity contribution in [3.05, 3.63) is 53.6 Å². The van der Waals surface area contributed by atoms with E-state index in [0.717, 1.165) is 25.7 Å². The molecule has 0 unspecified atom stereocenters. The van der Waals surface area contributed by atoms with Crippen LogP contribution in [-0.2, 0) is 4.74 Å². The molecule has 1 fully saturated rings. The summed E-state index contributed by atoms with van der Waals surface area (Å²) in [5, 5.41) is 0. The Hall–Kier alpha value is -1.94. The van der Waals surface area contributed by atoms with E-state index in [0.29, 0.717) is 24.2 Å². The number of hydrogen-bond donors (Lipinski definition) is 0. The molecule has 2 aromatic rings. The molecule has 0 bridgehead atoms. The molecule has 0 amide bonds. The van der Waals surface area contributed by atoms with Gasteiger partial charge in [-0.15, -0.1) is 0 Å². The molecule has 0 aliphatic heterocycles. The van der Waals surface area contributed by atoms with Crippen LogP contribution in [0.4, 0.5) is 8.78 Å². The Morgan fingerprint density at radius 1 is 0.920 bits per heavy atom. The summed E-state index contributed by atoms with van der Waals surface area (Å²) in [7, 11) is 1.77. The molecular weight excluding hydrogens is 322 g/mol. The van der Waals surface area contributed by atoms with Crippen LogP contribution in [0, 0.1) is 11.6 Å². The number of methoxy groups -OCH3 is 1. The van der Waals surface area contributed by atoms with Gasteiger partial charge in [-0.1, -0.05) is 24.3 Å². The number of ether oxygens (including phenoxy) is 2. The van der Waals surface area contributed by atoms with Gasteiger partial charge in [-0.2, -0.15) is 4.39 Å². The third kappa shape index (κ3) is 3.84. The van der Waals surface area contributed by atoms with Gasteiger partial charge < -0.3 is 9.47 Å². The van der Waals surface area contributed by atoms with Crippen LogP contribution in [0.5, 0.6) is 5.75 Å². The minimum atomic E-state index is -0.929. The predicted molar refractivity (Wildman–Crippen MR) is 95.0 cm³/mol. The number of hydrogen-bond acceptors (Lipinski definition) is 2. The minimum absolute atomic E-state index is 0.0460. The molecule has 0 spiro atoms. The molecule has 2 aromatic carbocycles. The van der Waals surface area contributed by atoms with Crippen molar-refractivity contribution in [2.75, 3.05) is 13.7 Å². The molecule has 0 radical (unpaired) electrons. The van der Waals surface area contributed by atoms with E-state index in [1.54, 1.807) is 20.1 Å². The summed E-state index contributed by atoms with van der Waals surface area (Å²) in [6, 6.07) is 10.9. The first-order chi connectivity index (χ1) is 12.1. The molecule has 0 heterocycles. The maximum atomic E-state index is 14.3. The lowest BCUT2D eigenvalue weighted by Gasteiger charge is -2.28. The van der Waals surface area contributed by atoms with Gasteiger partial charge in [-0.3, -0.25) is 0 Å². The quantitative estimate of drug-likeness (QED) is 0.691. The standard InChI is InChI=1S/C21H24F2O2/c1-3-25-19-13-12-18(20(22)21(19)23)16-6-4-14(5-7-16)15-8-10-17(24-2)11-9-15/h4-7,12-13,15,17H,3,8-11H2,1-2H3. The van der Waals surface area contributed by atoms with Gasteiger partial charge in [0, 0.05) is 12.7 Å². The number of halogens is 2. The summed E-state index contributed by atoms with van der Waals surface area (Å²) < 4.78 is 38.9. The van der Waals surface area contributed by atoms with Crippen molar-refractivity contribution in [3.8, 4) is 16.9 Å². The fraction of sp³-hybridized carbons (Fsp3) is 0.429. The highest BCUT2D eigenvalue weighted by Gasteiger charge is 2.22. The van der Waals surface area contributed by atoms with Crippen LogP contribution >= 0.6 is 0 Å². The second kappa shape index (κ2) is 7.96. The molecule has 0 atom stereocenters. The smallest absolute Gasteiger partial charge is 0.201 e. The van der Waals surface area contributed by atoms with Gasteiger partial charge in [-0.25, -0.2) is 4.39 Å². The largest absolute Gasteiger partial charge is 0.491 e. The molecular formula is C21H24F2O2. The summed E-state index contributed by atoms with van der Waals surface area (Å²) in [4.78, 5) is 0. The monoisotopic (exact) mass is 346 g/mol. The first-order valence-corrected chi connectivity index (χ1v) is 8.88. The van der Waals surface area contributed by atoms with E-state index in [2.05, 4.69) is 0 Å². The lowest BCUT2D eigenvalue weighted by molar-refractivity contribution is 0.0659. The third-order valence-electron chi connectivity index (χ3n) is 5.05. The van der Waals surface area contributed by atoms with Gasteiger partial charge in [-0.05, 0) is 61.8 Å². The van der Waals surface area contributed by atoms with Crippen LogP contribution in [0.15, 0.2) is 36.4 Å². The van der Waals surface area contributed by atoms with E-state index < -0.39 is 11.6 Å². The number of rotatable bonds is 5. The lowest BCUT2D eigenvalue weighted by atomic mass is 9.82. The SMILES string of the molecule is CCOc1ccc(-c2ccc(C3CCC(OC)CC3)cc2)c(F)c1F. The number of benzene rings is 2. The van der Waals surface area contributed by atoms with Gasteiger partial charge >= 0.3 is 0 Å². The molecule has 0 saturated heterocycles. The van der Waals surface area contributed by atoms with Gasteiger partial charge in [0.05, 0.1) is 12.7 Å². The van der Waals surface area contributed by atoms with E-state index in [1.165, 1.54) is 11.6 Å². The predicted octanol–water partition coefficient (Wildman–Crippen LogP) is 5.70. The fourth-order valence-electron chi connectivity index (χ4n) is 3.59. The van der Waals surface area contributed by atoms with Crippen LogP contribution in [0.25, 0.3) is 11.1 Å². The van der Waals surface area contributed by atoms with Crippen molar-refractivity contribution in [3.63, 3.8) is 0 Å². The maximum Gasteiger partial charge on any atom is 0.201 e. The third-order valence-corrected chi connectivity index (χ3v) is 5.05. The van der Waals surface area contributed by atoms with Crippen LogP contribution in [0.3, 0.4) is 0 Å². The normalized spacial score (nSPS) is 20.5. The zero-order valence-corrected chi connectivity index (χ0v) is 14.7. The van der Waals surface area contributed by atoms with Crippen LogP contribution in [-0.4, -0.2) is 19.8 Å². The summed E-state index contributed by atoms with van der Waals surface area (Å²) in [5.41, 5.74) is 2.19. The van der Waals surface area contributed by atoms with Crippen molar-refractivity contribution in [2.45, 2.75) is 44.6 Å². The van der Waals surface area contributed by atoms with Gasteiger partial charge in [0.15, 0.2) is 11.6 Å². The van der Waals surface area contributed by atoms with Crippen LogP contribution in [0.1, 0.15) is 44.1 Å². The Morgan fingerprint density at radius 3 is 2.20 bits per heavy atom. The molecule has 1 aliphatic carbocycles. The molecule has 3 rings (SSSR count). The highest BCUT2D eigenvalue weighted by Crippen LogP contribution is 2.35. The molecule has 134 valence electrons. The van der Waals surface area contributed by atoms with Crippen LogP contribution in [0.2, 0.25) is 0 Å². The Balaban J connectivity index is 1.78. The average molecular weight is 346 g/mol. The Kier molecular flexibility index (Phi) is 5.69. The van der Waals surface area contributed by atoms with Crippen LogP contribution < -0.4 is 4.74 Å². The van der Waals surface area contributed by atoms with Crippen molar-refractivity contribution in [2.24, 2.45) is 0 Å². The van der Waals surface area contributed by atoms with E-state index in [9.17, 15) is 8.78 Å². The van der Waals surface area contributed by atoms with Crippen molar-refractivity contribution < 1.29 is 18.3 Å². The molecule has 0 N–H and O–H groups in total. The van der Waals surface area contributed by atoms with E-state index in [-0.39, 0.29) is 11.3 Å². The molecule has 4 heteroatoms. The summed E-state index contributed by atoms with van der Waals surface area (Å²) in [6.45, 7) is 2.04. The van der Waals surface area contributed by atoms with E-state index in [4.69, 9.17) is 9.47 Å². The maximum absolute atomic E-state index is 14.3. The summed E-state index contributed by atoms with van der Waals surface area (Å²) in [5.74, 6) is -1.32. The van der Waals surface area contributed by atoms with Crippen molar-refractivity contribution in [1.82, 2.24) is 0 Å². The topological polar surface area (TPSA) is 18.5 Å². The second-order valence-electron chi connectivity index (χ2n) is 6.50. The summed E-state index contributed by atoms with van der Waals surface area (Å²) >= 11 is 0. The summed E-state index contributed by atoms with van der Waals surface area (Å²) in [6.07, 6.45) is 4.72. The fourth-order valence-corrected chi connectivity index (χ4v) is 3.59. The minimum Gasteiger partial charge on any atom is -0.491 e. The molecule has 0 aromatic heterocycles. The van der Waals surface area contributed by atoms with Crippen molar-refractivity contribution >= 4 is 0 Å². The average Bonchev–Trinajstić information content (AvgIpc) is 2.66. The van der Waals surface area contributed by atoms with Gasteiger partial charge in [0.25, 0.3) is 0 Å². The Morgan fingerprint density at radius 2 is 1.60 bits per heavy atom. The first-order valence-electron chi connectivity index (χ1n) is 8.88.